The number of rotatable bonds is 3. The molecule has 0 heterocycles. The summed E-state index contributed by atoms with van der Waals surface area (Å²) >= 11 is 0. The van der Waals surface area contributed by atoms with Gasteiger partial charge in [0.25, 0.3) is 0 Å². The maximum absolute atomic E-state index is 11.2. The van der Waals surface area contributed by atoms with Crippen LogP contribution >= 0.6 is 0 Å². The van der Waals surface area contributed by atoms with Gasteiger partial charge in [-0.1, -0.05) is 13.3 Å². The van der Waals surface area contributed by atoms with E-state index in [1.165, 1.54) is 32.0 Å². The number of hydrogen-bond acceptors (Lipinski definition) is 2. The highest BCUT2D eigenvalue weighted by atomic mass is 16.1. The Morgan fingerprint density at radius 3 is 2.53 bits per heavy atom. The molecule has 0 aromatic carbocycles. The Kier molecular flexibility index (Phi) is 3.15. The third-order valence-electron chi connectivity index (χ3n) is 4.73. The Morgan fingerprint density at radius 2 is 2.00 bits per heavy atom. The van der Waals surface area contributed by atoms with Crippen molar-refractivity contribution >= 4 is 6.29 Å². The van der Waals surface area contributed by atoms with Gasteiger partial charge in [0.2, 0.25) is 0 Å². The molecule has 0 amide bonds. The third kappa shape index (κ3) is 1.84. The van der Waals surface area contributed by atoms with Crippen LogP contribution in [0.15, 0.2) is 0 Å². The monoisotopic (exact) mass is 209 g/mol. The van der Waals surface area contributed by atoms with E-state index in [2.05, 4.69) is 25.9 Å². The SMILES string of the molecule is CCC1CC2CC(N(C)C)C(C=O)C2C1. The fraction of sp³-hybridized carbons (Fsp3) is 0.923. The van der Waals surface area contributed by atoms with Gasteiger partial charge in [-0.2, -0.15) is 0 Å². The van der Waals surface area contributed by atoms with Crippen molar-refractivity contribution in [2.24, 2.45) is 23.7 Å². The molecule has 5 atom stereocenters. The number of aldehydes is 1. The maximum Gasteiger partial charge on any atom is 0.124 e. The van der Waals surface area contributed by atoms with Crippen LogP contribution in [0.5, 0.6) is 0 Å². The van der Waals surface area contributed by atoms with Crippen molar-refractivity contribution in [1.82, 2.24) is 4.90 Å². The number of carbonyl (C=O) groups excluding carboxylic acids is 1. The molecule has 0 radical (unpaired) electrons. The van der Waals surface area contributed by atoms with Crippen molar-refractivity contribution in [3.8, 4) is 0 Å². The summed E-state index contributed by atoms with van der Waals surface area (Å²) in [5.74, 6) is 2.73. The van der Waals surface area contributed by atoms with Gasteiger partial charge >= 0.3 is 0 Å². The van der Waals surface area contributed by atoms with Gasteiger partial charge in [0.15, 0.2) is 0 Å². The van der Waals surface area contributed by atoms with Gasteiger partial charge in [0, 0.05) is 12.0 Å². The van der Waals surface area contributed by atoms with E-state index in [9.17, 15) is 4.79 Å². The van der Waals surface area contributed by atoms with Gasteiger partial charge in [-0.05, 0) is 51.1 Å². The predicted molar refractivity (Wildman–Crippen MR) is 61.6 cm³/mol. The van der Waals surface area contributed by atoms with Crippen molar-refractivity contribution in [2.75, 3.05) is 14.1 Å². The fourth-order valence-electron chi connectivity index (χ4n) is 3.85. The van der Waals surface area contributed by atoms with Crippen molar-refractivity contribution < 1.29 is 4.79 Å². The van der Waals surface area contributed by atoms with E-state index < -0.39 is 0 Å². The van der Waals surface area contributed by atoms with Gasteiger partial charge in [0.1, 0.15) is 6.29 Å². The van der Waals surface area contributed by atoms with Crippen LogP contribution in [0, 0.1) is 23.7 Å². The lowest BCUT2D eigenvalue weighted by Gasteiger charge is -2.25. The number of hydrogen-bond donors (Lipinski definition) is 0. The summed E-state index contributed by atoms with van der Waals surface area (Å²) in [5, 5.41) is 0. The number of fused-ring (bicyclic) bond motifs is 1. The molecule has 0 aromatic heterocycles. The second kappa shape index (κ2) is 4.25. The van der Waals surface area contributed by atoms with Gasteiger partial charge in [-0.3, -0.25) is 0 Å². The van der Waals surface area contributed by atoms with Crippen LogP contribution in [0.3, 0.4) is 0 Å². The number of nitrogens with zero attached hydrogens (tertiary/aromatic N) is 1. The highest BCUT2D eigenvalue weighted by Gasteiger charge is 2.48. The second-order valence-corrected chi connectivity index (χ2v) is 5.65. The second-order valence-electron chi connectivity index (χ2n) is 5.65. The summed E-state index contributed by atoms with van der Waals surface area (Å²) in [7, 11) is 4.22. The van der Waals surface area contributed by atoms with E-state index in [1.54, 1.807) is 0 Å². The predicted octanol–water partition coefficient (Wildman–Crippen LogP) is 2.19. The minimum Gasteiger partial charge on any atom is -0.306 e. The van der Waals surface area contributed by atoms with Crippen LogP contribution < -0.4 is 0 Å². The third-order valence-corrected chi connectivity index (χ3v) is 4.73. The maximum atomic E-state index is 11.2. The molecule has 2 heteroatoms. The topological polar surface area (TPSA) is 20.3 Å². The molecule has 2 fully saturated rings. The Hall–Kier alpha value is -0.370. The summed E-state index contributed by atoms with van der Waals surface area (Å²) in [6.07, 6.45) is 6.45. The Balaban J connectivity index is 2.08. The standard InChI is InChI=1S/C13H23NO/c1-4-9-5-10-7-13(14(2)3)12(8-15)11(10)6-9/h8-13H,4-7H2,1-3H3. The highest BCUT2D eigenvalue weighted by molar-refractivity contribution is 5.56. The molecule has 2 aliphatic carbocycles. The van der Waals surface area contributed by atoms with Gasteiger partial charge < -0.3 is 9.69 Å². The van der Waals surface area contributed by atoms with E-state index in [4.69, 9.17) is 0 Å². The molecule has 0 saturated heterocycles. The van der Waals surface area contributed by atoms with Crippen LogP contribution in [0.2, 0.25) is 0 Å². The zero-order chi connectivity index (χ0) is 11.0. The molecule has 0 bridgehead atoms. The lowest BCUT2D eigenvalue weighted by atomic mass is 9.90. The largest absolute Gasteiger partial charge is 0.306 e. The molecule has 2 nitrogen and oxygen atoms in total. The Labute approximate surface area is 93.0 Å². The molecule has 2 rings (SSSR count). The Morgan fingerprint density at radius 1 is 1.27 bits per heavy atom. The van der Waals surface area contributed by atoms with Gasteiger partial charge in [0.05, 0.1) is 0 Å². The van der Waals surface area contributed by atoms with Crippen LogP contribution in [0.25, 0.3) is 0 Å². The van der Waals surface area contributed by atoms with Crippen LogP contribution in [0.4, 0.5) is 0 Å². The van der Waals surface area contributed by atoms with Crippen LogP contribution in [-0.4, -0.2) is 31.3 Å². The molecular weight excluding hydrogens is 186 g/mol. The molecule has 0 N–H and O–H groups in total. The summed E-state index contributed by atoms with van der Waals surface area (Å²) in [5.41, 5.74) is 0. The summed E-state index contributed by atoms with van der Waals surface area (Å²) in [6, 6.07) is 0.510. The van der Waals surface area contributed by atoms with E-state index >= 15 is 0 Å². The average molecular weight is 209 g/mol. The van der Waals surface area contributed by atoms with Crippen molar-refractivity contribution in [2.45, 2.75) is 38.6 Å². The highest BCUT2D eigenvalue weighted by Crippen LogP contribution is 2.51. The first kappa shape index (κ1) is 11.1. The molecule has 0 spiro atoms. The first-order chi connectivity index (χ1) is 7.17. The average Bonchev–Trinajstić information content (AvgIpc) is 2.72. The molecule has 5 unspecified atom stereocenters. The van der Waals surface area contributed by atoms with E-state index in [-0.39, 0.29) is 0 Å². The molecule has 0 aromatic rings. The number of carbonyl (C=O) groups is 1. The lowest BCUT2D eigenvalue weighted by molar-refractivity contribution is -0.113. The first-order valence-corrected chi connectivity index (χ1v) is 6.29. The molecule has 15 heavy (non-hydrogen) atoms. The zero-order valence-corrected chi connectivity index (χ0v) is 10.1. The minimum absolute atomic E-state index is 0.307. The Bertz CT molecular complexity index is 239. The lowest BCUT2D eigenvalue weighted by Crippen LogP contribution is -2.34. The van der Waals surface area contributed by atoms with E-state index in [1.807, 2.05) is 0 Å². The fourth-order valence-corrected chi connectivity index (χ4v) is 3.85. The van der Waals surface area contributed by atoms with Crippen LogP contribution in [0.1, 0.15) is 32.6 Å². The van der Waals surface area contributed by atoms with Crippen molar-refractivity contribution in [1.29, 1.82) is 0 Å². The molecule has 0 aliphatic heterocycles. The van der Waals surface area contributed by atoms with Crippen molar-refractivity contribution in [3.05, 3.63) is 0 Å². The van der Waals surface area contributed by atoms with E-state index in [0.29, 0.717) is 17.9 Å². The molecular formula is C13H23NO. The van der Waals surface area contributed by atoms with Crippen molar-refractivity contribution in [3.63, 3.8) is 0 Å². The van der Waals surface area contributed by atoms with Gasteiger partial charge in [-0.25, -0.2) is 0 Å². The summed E-state index contributed by atoms with van der Waals surface area (Å²) < 4.78 is 0. The molecule has 2 saturated carbocycles. The van der Waals surface area contributed by atoms with Gasteiger partial charge in [-0.15, -0.1) is 0 Å². The first-order valence-electron chi connectivity index (χ1n) is 6.29. The quantitative estimate of drug-likeness (QED) is 0.664. The van der Waals surface area contributed by atoms with E-state index in [0.717, 1.165) is 11.8 Å². The minimum atomic E-state index is 0.307. The normalized spacial score (nSPS) is 44.7. The van der Waals surface area contributed by atoms with Crippen LogP contribution in [-0.2, 0) is 4.79 Å². The molecule has 86 valence electrons. The summed E-state index contributed by atoms with van der Waals surface area (Å²) in [4.78, 5) is 13.5. The smallest absolute Gasteiger partial charge is 0.124 e. The molecule has 2 aliphatic rings. The summed E-state index contributed by atoms with van der Waals surface area (Å²) in [6.45, 7) is 2.28. The zero-order valence-electron chi connectivity index (χ0n) is 10.1.